The average molecular weight is 742 g/mol. The number of carbonyl (C=O) groups excluding carboxylic acids is 1. The fourth-order valence-corrected chi connectivity index (χ4v) is 8.96. The first kappa shape index (κ1) is 35.9. The minimum absolute atomic E-state index is 0.0287. The first-order valence-corrected chi connectivity index (χ1v) is 18.9. The third-order valence-electron chi connectivity index (χ3n) is 9.01. The highest BCUT2D eigenvalue weighted by Gasteiger charge is 2.40. The maximum absolute atomic E-state index is 11.8. The number of hydrogen-bond donors (Lipinski definition) is 3. The molecule has 0 aliphatic carbocycles. The number of amides is 1. The summed E-state index contributed by atoms with van der Waals surface area (Å²) in [6.45, 7) is 0.307. The van der Waals surface area contributed by atoms with Gasteiger partial charge in [0, 0.05) is 47.8 Å². The van der Waals surface area contributed by atoms with Gasteiger partial charge in [0.15, 0.2) is 9.84 Å². The van der Waals surface area contributed by atoms with Gasteiger partial charge >= 0.3 is 0 Å². The summed E-state index contributed by atoms with van der Waals surface area (Å²) in [6, 6.07) is 11.4. The van der Waals surface area contributed by atoms with Crippen LogP contribution in [-0.2, 0) is 27.6 Å². The smallest absolute Gasteiger partial charge is 0.237 e. The Morgan fingerprint density at radius 2 is 1.52 bits per heavy atom. The van der Waals surface area contributed by atoms with Gasteiger partial charge in [-0.25, -0.2) is 18.4 Å². The van der Waals surface area contributed by atoms with Gasteiger partial charge in [-0.3, -0.25) is 14.8 Å². The highest BCUT2D eigenvalue weighted by Crippen LogP contribution is 2.42. The second-order valence-corrected chi connectivity index (χ2v) is 15.6. The van der Waals surface area contributed by atoms with Gasteiger partial charge in [0.25, 0.3) is 0 Å². The lowest BCUT2D eigenvalue weighted by Gasteiger charge is -2.21. The topological polar surface area (TPSA) is 166 Å². The molecule has 2 aliphatic heterocycles. The molecule has 3 N–H and O–H groups in total. The van der Waals surface area contributed by atoms with E-state index in [4.69, 9.17) is 37.7 Å². The molecule has 0 bridgehead atoms. The molecule has 4 heterocycles. The SMILES string of the molecule is COc1nc(-c2cccc(-c3cccc(-c4cnc(CNCC5(O)CCS(=O)(=O)C5)c(OC)n4)c3Cl)c2Cl)cnc1CCC[C@@H]1CCC(=O)N1. The number of carbonyl (C=O) groups is 1. The summed E-state index contributed by atoms with van der Waals surface area (Å²) < 4.78 is 34.8. The number of methoxy groups -OCH3 is 2. The van der Waals surface area contributed by atoms with Crippen molar-refractivity contribution in [3.63, 3.8) is 0 Å². The molecule has 2 saturated heterocycles. The molecular weight excluding hydrogens is 703 g/mol. The molecule has 2 aromatic carbocycles. The fraction of sp³-hybridized carbons (Fsp3) is 0.400. The van der Waals surface area contributed by atoms with Crippen LogP contribution < -0.4 is 20.1 Å². The molecule has 0 radical (unpaired) electrons. The van der Waals surface area contributed by atoms with Crippen molar-refractivity contribution in [1.82, 2.24) is 30.6 Å². The fourth-order valence-electron chi connectivity index (χ4n) is 6.41. The maximum atomic E-state index is 11.8. The molecule has 12 nitrogen and oxygen atoms in total. The Labute approximate surface area is 300 Å². The van der Waals surface area contributed by atoms with Crippen molar-refractivity contribution in [2.45, 2.75) is 56.7 Å². The van der Waals surface area contributed by atoms with Crippen LogP contribution >= 0.6 is 23.2 Å². The van der Waals surface area contributed by atoms with Crippen molar-refractivity contribution in [3.8, 4) is 45.4 Å². The van der Waals surface area contributed by atoms with E-state index in [-0.39, 0.29) is 48.8 Å². The molecule has 2 aliphatic rings. The molecular formula is C35H38Cl2N6O6S. The second-order valence-electron chi connectivity index (χ2n) is 12.6. The van der Waals surface area contributed by atoms with Gasteiger partial charge in [-0.15, -0.1) is 0 Å². The van der Waals surface area contributed by atoms with Crippen molar-refractivity contribution in [2.24, 2.45) is 0 Å². The second kappa shape index (κ2) is 15.2. The highest BCUT2D eigenvalue weighted by molar-refractivity contribution is 7.91. The molecule has 2 atom stereocenters. The zero-order chi connectivity index (χ0) is 35.5. The van der Waals surface area contributed by atoms with E-state index in [1.54, 1.807) is 19.5 Å². The van der Waals surface area contributed by atoms with Gasteiger partial charge in [0.1, 0.15) is 11.4 Å². The Bertz CT molecular complexity index is 2020. The quantitative estimate of drug-likeness (QED) is 0.172. The van der Waals surface area contributed by atoms with Gasteiger partial charge in [-0.2, -0.15) is 0 Å². The van der Waals surface area contributed by atoms with Gasteiger partial charge in [0.05, 0.1) is 65.2 Å². The standard InChI is InChI=1S/C35H38Cl2N6O6S/c1-48-33-26(11-3-6-21-12-13-30(44)41-21)39-17-27(42-33)24-9-4-7-22(31(24)36)23-8-5-10-25(32(23)37)28-18-40-29(34(43-28)49-2)16-38-19-35(45)14-15-50(46,47)20-35/h4-5,7-10,17-18,21,38,45H,3,6,11-16,19-20H2,1-2H3,(H,41,44)/t21-,35?/m1/s1. The molecule has 264 valence electrons. The van der Waals surface area contributed by atoms with Crippen molar-refractivity contribution in [2.75, 3.05) is 32.3 Å². The van der Waals surface area contributed by atoms with Crippen LogP contribution in [0.25, 0.3) is 33.6 Å². The van der Waals surface area contributed by atoms with Gasteiger partial charge in [0.2, 0.25) is 17.7 Å². The predicted octanol–water partition coefficient (Wildman–Crippen LogP) is 4.83. The number of aromatic nitrogens is 4. The van der Waals surface area contributed by atoms with Gasteiger partial charge < -0.3 is 25.2 Å². The summed E-state index contributed by atoms with van der Waals surface area (Å²) in [5.74, 6) is 0.502. The maximum Gasteiger partial charge on any atom is 0.237 e. The number of aryl methyl sites for hydroxylation is 1. The van der Waals surface area contributed by atoms with Crippen molar-refractivity contribution in [1.29, 1.82) is 0 Å². The molecule has 2 aromatic heterocycles. The van der Waals surface area contributed by atoms with Crippen molar-refractivity contribution in [3.05, 3.63) is 70.2 Å². The zero-order valence-corrected chi connectivity index (χ0v) is 30.0. The monoisotopic (exact) mass is 740 g/mol. The molecule has 15 heteroatoms. The largest absolute Gasteiger partial charge is 0.480 e. The van der Waals surface area contributed by atoms with Crippen LogP contribution in [0.5, 0.6) is 11.8 Å². The summed E-state index contributed by atoms with van der Waals surface area (Å²) in [4.78, 5) is 30.1. The number of rotatable bonds is 13. The number of nitrogens with zero attached hydrogens (tertiary/aromatic N) is 4. The summed E-state index contributed by atoms with van der Waals surface area (Å²) in [5.41, 5.74) is 3.59. The minimum atomic E-state index is -3.24. The van der Waals surface area contributed by atoms with Crippen molar-refractivity contribution >= 4 is 38.9 Å². The molecule has 4 aromatic rings. The first-order valence-electron chi connectivity index (χ1n) is 16.3. The van der Waals surface area contributed by atoms with Crippen LogP contribution in [-0.4, -0.2) is 83.3 Å². The number of sulfone groups is 1. The first-order chi connectivity index (χ1) is 24.0. The molecule has 2 fully saturated rings. The minimum Gasteiger partial charge on any atom is -0.480 e. The average Bonchev–Trinajstić information content (AvgIpc) is 3.65. The van der Waals surface area contributed by atoms with Crippen LogP contribution in [0, 0.1) is 0 Å². The summed E-state index contributed by atoms with van der Waals surface area (Å²) in [5, 5.41) is 17.6. The van der Waals surface area contributed by atoms with E-state index in [9.17, 15) is 18.3 Å². The van der Waals surface area contributed by atoms with Crippen LogP contribution in [0.15, 0.2) is 48.8 Å². The third-order valence-corrected chi connectivity index (χ3v) is 11.6. The Morgan fingerprint density at radius 3 is 2.06 bits per heavy atom. The summed E-state index contributed by atoms with van der Waals surface area (Å²) in [7, 11) is -0.191. The Morgan fingerprint density at radius 1 is 0.940 bits per heavy atom. The van der Waals surface area contributed by atoms with Crippen LogP contribution in [0.3, 0.4) is 0 Å². The third kappa shape index (κ3) is 8.02. The predicted molar refractivity (Wildman–Crippen MR) is 191 cm³/mol. The van der Waals surface area contributed by atoms with Gasteiger partial charge in [-0.1, -0.05) is 59.6 Å². The molecule has 1 unspecified atom stereocenters. The number of halogens is 2. The summed E-state index contributed by atoms with van der Waals surface area (Å²) in [6.07, 6.45) is 7.28. The lowest BCUT2D eigenvalue weighted by molar-refractivity contribution is -0.119. The Kier molecular flexibility index (Phi) is 10.9. The lowest BCUT2D eigenvalue weighted by atomic mass is 9.98. The highest BCUT2D eigenvalue weighted by atomic mass is 35.5. The van der Waals surface area contributed by atoms with E-state index >= 15 is 0 Å². The van der Waals surface area contributed by atoms with E-state index in [2.05, 4.69) is 25.6 Å². The molecule has 1 amide bonds. The molecule has 0 saturated carbocycles. The van der Waals surface area contributed by atoms with E-state index in [1.807, 2.05) is 36.4 Å². The molecule has 6 rings (SSSR count). The summed E-state index contributed by atoms with van der Waals surface area (Å²) >= 11 is 14.1. The molecule has 0 spiro atoms. The van der Waals surface area contributed by atoms with Crippen LogP contribution in [0.1, 0.15) is 43.5 Å². The zero-order valence-electron chi connectivity index (χ0n) is 27.7. The molecule has 50 heavy (non-hydrogen) atoms. The Balaban J connectivity index is 1.20. The number of hydrogen-bond acceptors (Lipinski definition) is 11. The van der Waals surface area contributed by atoms with Crippen LogP contribution in [0.4, 0.5) is 0 Å². The van der Waals surface area contributed by atoms with E-state index in [0.29, 0.717) is 68.1 Å². The van der Waals surface area contributed by atoms with Crippen molar-refractivity contribution < 1.29 is 27.8 Å². The normalized spacial score (nSPS) is 19.8. The van der Waals surface area contributed by atoms with E-state index in [1.165, 1.54) is 7.11 Å². The van der Waals surface area contributed by atoms with Gasteiger partial charge in [-0.05, 0) is 32.1 Å². The Hall–Kier alpha value is -3.88. The number of benzene rings is 2. The van der Waals surface area contributed by atoms with Crippen LogP contribution in [0.2, 0.25) is 10.0 Å². The van der Waals surface area contributed by atoms with E-state index < -0.39 is 15.4 Å². The van der Waals surface area contributed by atoms with E-state index in [0.717, 1.165) is 25.0 Å². The lowest BCUT2D eigenvalue weighted by Crippen LogP contribution is -2.41. The number of aliphatic hydroxyl groups is 1. The number of ether oxygens (including phenoxy) is 2. The number of nitrogens with one attached hydrogen (secondary N) is 2.